The molecule has 0 bridgehead atoms. The summed E-state index contributed by atoms with van der Waals surface area (Å²) in [7, 11) is 1.63. The number of methoxy groups -OCH3 is 1. The number of amides is 1. The van der Waals surface area contributed by atoms with Gasteiger partial charge in [0.25, 0.3) is 0 Å². The van der Waals surface area contributed by atoms with Crippen LogP contribution in [0.4, 0.5) is 5.69 Å². The van der Waals surface area contributed by atoms with Crippen molar-refractivity contribution in [1.29, 1.82) is 0 Å². The number of hydrogen-bond acceptors (Lipinski definition) is 4. The maximum Gasteiger partial charge on any atom is 0.238 e. The molecular formula is C21H27BrN2O3. The first-order valence-corrected chi connectivity index (χ1v) is 9.84. The zero-order valence-electron chi connectivity index (χ0n) is 16.3. The van der Waals surface area contributed by atoms with Gasteiger partial charge in [-0.05, 0) is 61.9 Å². The molecule has 27 heavy (non-hydrogen) atoms. The number of ether oxygens (including phenoxy) is 2. The second kappa shape index (κ2) is 10.3. The van der Waals surface area contributed by atoms with Crippen LogP contribution in [0.3, 0.4) is 0 Å². The third-order valence-corrected chi connectivity index (χ3v) is 5.08. The first-order valence-electron chi connectivity index (χ1n) is 9.04. The molecular weight excluding hydrogens is 408 g/mol. The summed E-state index contributed by atoms with van der Waals surface area (Å²) in [4.78, 5) is 14.5. The Morgan fingerprint density at radius 1 is 1.15 bits per heavy atom. The highest BCUT2D eigenvalue weighted by atomic mass is 79.9. The number of nitrogens with zero attached hydrogens (tertiary/aromatic N) is 1. The molecule has 0 saturated carbocycles. The van der Waals surface area contributed by atoms with Crippen LogP contribution >= 0.6 is 15.9 Å². The van der Waals surface area contributed by atoms with Crippen LogP contribution in [0.15, 0.2) is 40.9 Å². The van der Waals surface area contributed by atoms with Crippen LogP contribution in [-0.4, -0.2) is 37.6 Å². The minimum Gasteiger partial charge on any atom is -0.493 e. The molecule has 0 fully saturated rings. The number of anilines is 1. The molecule has 2 rings (SSSR count). The van der Waals surface area contributed by atoms with Crippen LogP contribution in [0.5, 0.6) is 11.5 Å². The van der Waals surface area contributed by atoms with Crippen molar-refractivity contribution in [2.75, 3.05) is 32.1 Å². The highest BCUT2D eigenvalue weighted by molar-refractivity contribution is 9.10. The first-order chi connectivity index (χ1) is 13.0. The van der Waals surface area contributed by atoms with E-state index in [1.165, 1.54) is 0 Å². The van der Waals surface area contributed by atoms with Crippen molar-refractivity contribution < 1.29 is 14.3 Å². The molecule has 0 aliphatic carbocycles. The van der Waals surface area contributed by atoms with Gasteiger partial charge in [-0.15, -0.1) is 0 Å². The van der Waals surface area contributed by atoms with Crippen LogP contribution < -0.4 is 14.8 Å². The number of aryl methyl sites for hydroxylation is 1. The van der Waals surface area contributed by atoms with Crippen LogP contribution in [0.2, 0.25) is 0 Å². The first kappa shape index (κ1) is 21.3. The van der Waals surface area contributed by atoms with Crippen molar-refractivity contribution >= 4 is 27.5 Å². The lowest BCUT2D eigenvalue weighted by atomic mass is 10.2. The summed E-state index contributed by atoms with van der Waals surface area (Å²) in [5.41, 5.74) is 2.96. The SMILES string of the molecule is CCOc1ccc(CN(CC)CC(=O)Nc2ccc(Br)c(C)c2)cc1OC. The Morgan fingerprint density at radius 2 is 1.93 bits per heavy atom. The molecule has 6 heteroatoms. The topological polar surface area (TPSA) is 50.8 Å². The summed E-state index contributed by atoms with van der Waals surface area (Å²) in [5.74, 6) is 1.41. The van der Waals surface area contributed by atoms with E-state index in [-0.39, 0.29) is 5.91 Å². The van der Waals surface area contributed by atoms with E-state index in [4.69, 9.17) is 9.47 Å². The summed E-state index contributed by atoms with van der Waals surface area (Å²) in [5, 5.41) is 2.96. The monoisotopic (exact) mass is 434 g/mol. The Hall–Kier alpha value is -2.05. The molecule has 5 nitrogen and oxygen atoms in total. The molecule has 0 aliphatic rings. The van der Waals surface area contributed by atoms with E-state index in [0.29, 0.717) is 25.4 Å². The molecule has 0 unspecified atom stereocenters. The van der Waals surface area contributed by atoms with Crippen LogP contribution in [0.1, 0.15) is 25.0 Å². The van der Waals surface area contributed by atoms with Gasteiger partial charge in [0.1, 0.15) is 0 Å². The van der Waals surface area contributed by atoms with Crippen LogP contribution in [-0.2, 0) is 11.3 Å². The number of likely N-dealkylation sites (N-methyl/N-ethyl adjacent to an activating group) is 1. The minimum atomic E-state index is -0.0310. The summed E-state index contributed by atoms with van der Waals surface area (Å²) < 4.78 is 12.0. The van der Waals surface area contributed by atoms with Gasteiger partial charge >= 0.3 is 0 Å². The van der Waals surface area contributed by atoms with Gasteiger partial charge < -0.3 is 14.8 Å². The molecule has 146 valence electrons. The van der Waals surface area contributed by atoms with Crippen molar-refractivity contribution in [2.24, 2.45) is 0 Å². The van der Waals surface area contributed by atoms with E-state index < -0.39 is 0 Å². The number of halogens is 1. The van der Waals surface area contributed by atoms with Gasteiger partial charge in [-0.2, -0.15) is 0 Å². The van der Waals surface area contributed by atoms with Gasteiger partial charge in [-0.25, -0.2) is 0 Å². The fraction of sp³-hybridized carbons (Fsp3) is 0.381. The molecule has 0 spiro atoms. The van der Waals surface area contributed by atoms with E-state index in [0.717, 1.165) is 33.6 Å². The maximum absolute atomic E-state index is 12.4. The van der Waals surface area contributed by atoms with Crippen LogP contribution in [0.25, 0.3) is 0 Å². The Kier molecular flexibility index (Phi) is 8.13. The molecule has 1 N–H and O–H groups in total. The Balaban J connectivity index is 2.00. The van der Waals surface area contributed by atoms with Gasteiger partial charge in [0.2, 0.25) is 5.91 Å². The maximum atomic E-state index is 12.4. The summed E-state index contributed by atoms with van der Waals surface area (Å²) >= 11 is 3.47. The smallest absolute Gasteiger partial charge is 0.238 e. The highest BCUT2D eigenvalue weighted by Crippen LogP contribution is 2.28. The largest absolute Gasteiger partial charge is 0.493 e. The van der Waals surface area contributed by atoms with Gasteiger partial charge in [-0.3, -0.25) is 9.69 Å². The average molecular weight is 435 g/mol. The molecule has 2 aromatic rings. The number of benzene rings is 2. The van der Waals surface area contributed by atoms with Gasteiger partial charge in [0.05, 0.1) is 20.3 Å². The van der Waals surface area contributed by atoms with E-state index in [9.17, 15) is 4.79 Å². The number of hydrogen-bond donors (Lipinski definition) is 1. The zero-order chi connectivity index (χ0) is 19.8. The molecule has 0 aromatic heterocycles. The van der Waals surface area contributed by atoms with E-state index in [1.807, 2.05) is 57.2 Å². The molecule has 0 heterocycles. The van der Waals surface area contributed by atoms with Crippen molar-refractivity contribution in [3.63, 3.8) is 0 Å². The fourth-order valence-electron chi connectivity index (χ4n) is 2.75. The minimum absolute atomic E-state index is 0.0310. The lowest BCUT2D eigenvalue weighted by Gasteiger charge is -2.21. The van der Waals surface area contributed by atoms with E-state index >= 15 is 0 Å². The molecule has 1 amide bonds. The van der Waals surface area contributed by atoms with E-state index in [2.05, 4.69) is 26.1 Å². The number of carbonyl (C=O) groups excluding carboxylic acids is 1. The third-order valence-electron chi connectivity index (χ3n) is 4.19. The van der Waals surface area contributed by atoms with Gasteiger partial charge in [-0.1, -0.05) is 28.9 Å². The standard InChI is InChI=1S/C21H27BrN2O3/c1-5-24(13-16-7-10-19(27-6-2)20(12-16)26-4)14-21(25)23-17-8-9-18(22)15(3)11-17/h7-12H,5-6,13-14H2,1-4H3,(H,23,25). The highest BCUT2D eigenvalue weighted by Gasteiger charge is 2.12. The molecule has 0 aliphatic heterocycles. The number of carbonyl (C=O) groups is 1. The molecule has 2 aromatic carbocycles. The summed E-state index contributed by atoms with van der Waals surface area (Å²) in [6.45, 7) is 8.32. The Morgan fingerprint density at radius 3 is 2.56 bits per heavy atom. The van der Waals surface area contributed by atoms with Crippen molar-refractivity contribution in [3.05, 3.63) is 52.0 Å². The van der Waals surface area contributed by atoms with E-state index in [1.54, 1.807) is 7.11 Å². The number of nitrogens with one attached hydrogen (secondary N) is 1. The molecule has 0 radical (unpaired) electrons. The van der Waals surface area contributed by atoms with Gasteiger partial charge in [0.15, 0.2) is 11.5 Å². The van der Waals surface area contributed by atoms with Gasteiger partial charge in [0, 0.05) is 16.7 Å². The Labute approximate surface area is 169 Å². The van der Waals surface area contributed by atoms with Crippen molar-refractivity contribution in [1.82, 2.24) is 4.90 Å². The lowest BCUT2D eigenvalue weighted by molar-refractivity contribution is -0.117. The van der Waals surface area contributed by atoms with Crippen LogP contribution in [0, 0.1) is 6.92 Å². The predicted molar refractivity (Wildman–Crippen MR) is 113 cm³/mol. The second-order valence-corrected chi connectivity index (χ2v) is 7.09. The lowest BCUT2D eigenvalue weighted by Crippen LogP contribution is -2.32. The fourth-order valence-corrected chi connectivity index (χ4v) is 3.00. The zero-order valence-corrected chi connectivity index (χ0v) is 17.9. The quantitative estimate of drug-likeness (QED) is 0.624. The second-order valence-electron chi connectivity index (χ2n) is 6.23. The molecule has 0 saturated heterocycles. The normalized spacial score (nSPS) is 10.7. The third kappa shape index (κ3) is 6.26. The predicted octanol–water partition coefficient (Wildman–Crippen LogP) is 4.63. The van der Waals surface area contributed by atoms with Crippen molar-refractivity contribution in [2.45, 2.75) is 27.3 Å². The summed E-state index contributed by atoms with van der Waals surface area (Å²) in [6.07, 6.45) is 0. The van der Waals surface area contributed by atoms with Crippen molar-refractivity contribution in [3.8, 4) is 11.5 Å². The molecule has 0 atom stereocenters. The number of rotatable bonds is 9. The average Bonchev–Trinajstić information content (AvgIpc) is 2.65. The Bertz CT molecular complexity index is 780. The summed E-state index contributed by atoms with van der Waals surface area (Å²) in [6, 6.07) is 11.7.